The lowest BCUT2D eigenvalue weighted by molar-refractivity contribution is -0.134. The Balaban J connectivity index is 0. The zero-order valence-corrected chi connectivity index (χ0v) is 10.6. The third-order valence-electron chi connectivity index (χ3n) is 1.79. The van der Waals surface area contributed by atoms with Crippen LogP contribution in [-0.4, -0.2) is 30.4 Å². The largest absolute Gasteiger partial charge is 0.466 e. The minimum absolute atomic E-state index is 0.208. The molecule has 18 heavy (non-hydrogen) atoms. The smallest absolute Gasteiger partial charge is 0.329 e. The van der Waals surface area contributed by atoms with Crippen molar-refractivity contribution in [2.75, 3.05) is 13.7 Å². The van der Waals surface area contributed by atoms with Crippen LogP contribution in [0.1, 0.15) is 12.8 Å². The molecule has 0 aromatic carbocycles. The van der Waals surface area contributed by atoms with E-state index in [1.54, 1.807) is 17.2 Å². The molecule has 0 spiro atoms. The van der Waals surface area contributed by atoms with Crippen molar-refractivity contribution in [1.82, 2.24) is 4.90 Å². The van der Waals surface area contributed by atoms with Crippen LogP contribution in [0.15, 0.2) is 38.1 Å². The Kier molecular flexibility index (Phi) is 12.7. The molecule has 1 rings (SSSR count). The molecule has 5 nitrogen and oxygen atoms in total. The van der Waals surface area contributed by atoms with Crippen LogP contribution in [0.2, 0.25) is 0 Å². The second-order valence-corrected chi connectivity index (χ2v) is 2.93. The average molecular weight is 250 g/mol. The third kappa shape index (κ3) is 10.2. The van der Waals surface area contributed by atoms with Gasteiger partial charge in [-0.25, -0.2) is 4.79 Å². The minimum Gasteiger partial charge on any atom is -0.466 e. The van der Waals surface area contributed by atoms with E-state index in [9.17, 15) is 9.59 Å². The average Bonchev–Trinajstić information content (AvgIpc) is 2.84. The zero-order chi connectivity index (χ0) is 14.4. The van der Waals surface area contributed by atoms with Crippen molar-refractivity contribution >= 4 is 11.9 Å². The lowest BCUT2D eigenvalue weighted by Gasteiger charge is -2.05. The Morgan fingerprint density at radius 2 is 2.06 bits per heavy atom. The third-order valence-corrected chi connectivity index (χ3v) is 1.79. The number of hydrogen-bond donors (Lipinski definition) is 0. The molecule has 0 bridgehead atoms. The summed E-state index contributed by atoms with van der Waals surface area (Å²) in [6.45, 7) is 10.6. The molecule has 0 aliphatic carbocycles. The fourth-order valence-corrected chi connectivity index (χ4v) is 0.945. The number of nitrogens with zero attached hydrogens (tertiary/aromatic N) is 2. The van der Waals surface area contributed by atoms with Crippen molar-refractivity contribution in [3.63, 3.8) is 0 Å². The van der Waals surface area contributed by atoms with Crippen molar-refractivity contribution < 1.29 is 14.3 Å². The molecular weight excluding hydrogens is 232 g/mol. The van der Waals surface area contributed by atoms with E-state index < -0.39 is 5.97 Å². The standard InChI is InChI=1S/C6H9NO.C4H6O2.C3H3N/c1-2-7-5-3-4-6(7)8;1-3-4(5)6-2;1-2-3-4/h2H,1,3-5H2;3H,1H2,2H3;2H,1H2. The molecular formula is C13H18N2O3. The molecule has 0 saturated carbocycles. The Morgan fingerprint density at radius 1 is 1.50 bits per heavy atom. The molecule has 1 saturated heterocycles. The first-order chi connectivity index (χ1) is 8.56. The van der Waals surface area contributed by atoms with Crippen LogP contribution in [-0.2, 0) is 14.3 Å². The number of likely N-dealkylation sites (tertiary alicyclic amines) is 1. The van der Waals surface area contributed by atoms with Gasteiger partial charge in [-0.3, -0.25) is 4.79 Å². The maximum atomic E-state index is 10.7. The first-order valence-electron chi connectivity index (χ1n) is 5.20. The number of methoxy groups -OCH3 is 1. The zero-order valence-electron chi connectivity index (χ0n) is 10.6. The van der Waals surface area contributed by atoms with E-state index in [4.69, 9.17) is 5.26 Å². The normalized spacial score (nSPS) is 11.8. The van der Waals surface area contributed by atoms with Crippen LogP contribution >= 0.6 is 0 Å². The molecule has 5 heteroatoms. The summed E-state index contributed by atoms with van der Waals surface area (Å²) in [4.78, 5) is 22.2. The number of nitriles is 1. The van der Waals surface area contributed by atoms with Crippen molar-refractivity contribution in [2.45, 2.75) is 12.8 Å². The molecule has 1 fully saturated rings. The molecule has 0 radical (unpaired) electrons. The summed E-state index contributed by atoms with van der Waals surface area (Å²) in [6.07, 6.45) is 5.58. The van der Waals surface area contributed by atoms with Crippen molar-refractivity contribution in [3.05, 3.63) is 38.1 Å². The van der Waals surface area contributed by atoms with Crippen LogP contribution in [0.25, 0.3) is 0 Å². The summed E-state index contributed by atoms with van der Waals surface area (Å²) in [5, 5.41) is 7.51. The number of rotatable bonds is 2. The fraction of sp³-hybridized carbons (Fsp3) is 0.308. The molecule has 1 heterocycles. The molecule has 1 aliphatic heterocycles. The van der Waals surface area contributed by atoms with E-state index in [2.05, 4.69) is 24.5 Å². The molecule has 1 aliphatic rings. The van der Waals surface area contributed by atoms with E-state index in [-0.39, 0.29) is 5.91 Å². The van der Waals surface area contributed by atoms with Crippen molar-refractivity contribution in [3.8, 4) is 6.07 Å². The highest BCUT2D eigenvalue weighted by atomic mass is 16.5. The first-order valence-corrected chi connectivity index (χ1v) is 5.20. The molecule has 0 N–H and O–H groups in total. The van der Waals surface area contributed by atoms with Crippen LogP contribution in [0.4, 0.5) is 0 Å². The molecule has 0 unspecified atom stereocenters. The summed E-state index contributed by atoms with van der Waals surface area (Å²) in [6, 6.07) is 1.69. The summed E-state index contributed by atoms with van der Waals surface area (Å²) in [7, 11) is 1.31. The first kappa shape index (κ1) is 18.0. The predicted molar refractivity (Wildman–Crippen MR) is 69.2 cm³/mol. The van der Waals surface area contributed by atoms with E-state index in [1.807, 2.05) is 0 Å². The lowest BCUT2D eigenvalue weighted by atomic mass is 10.4. The number of hydrogen-bond acceptors (Lipinski definition) is 4. The number of carbonyl (C=O) groups excluding carboxylic acids is 2. The van der Waals surface area contributed by atoms with Gasteiger partial charge in [-0.1, -0.05) is 19.7 Å². The fourth-order valence-electron chi connectivity index (χ4n) is 0.945. The monoisotopic (exact) mass is 250 g/mol. The van der Waals surface area contributed by atoms with Gasteiger partial charge in [0.2, 0.25) is 5.91 Å². The summed E-state index contributed by atoms with van der Waals surface area (Å²) in [5.74, 6) is -0.185. The van der Waals surface area contributed by atoms with Crippen LogP contribution in [0.3, 0.4) is 0 Å². The predicted octanol–water partition coefficient (Wildman–Crippen LogP) is 1.79. The highest BCUT2D eigenvalue weighted by molar-refractivity contribution is 5.80. The van der Waals surface area contributed by atoms with Crippen LogP contribution < -0.4 is 0 Å². The number of amides is 1. The minimum atomic E-state index is -0.394. The summed E-state index contributed by atoms with van der Waals surface area (Å²) < 4.78 is 4.14. The molecule has 0 aromatic heterocycles. The lowest BCUT2D eigenvalue weighted by Crippen LogP contribution is -2.16. The topological polar surface area (TPSA) is 70.4 Å². The van der Waals surface area contributed by atoms with Gasteiger partial charge in [0, 0.05) is 25.1 Å². The van der Waals surface area contributed by atoms with Crippen LogP contribution in [0, 0.1) is 11.3 Å². The molecule has 0 aromatic rings. The van der Waals surface area contributed by atoms with Gasteiger partial charge in [0.1, 0.15) is 0 Å². The maximum Gasteiger partial charge on any atom is 0.329 e. The quantitative estimate of drug-likeness (QED) is 0.425. The SMILES string of the molecule is C=CC#N.C=CC(=O)OC.C=CN1CCCC1=O. The van der Waals surface area contributed by atoms with Crippen molar-refractivity contribution in [2.24, 2.45) is 0 Å². The Hall–Kier alpha value is -2.35. The summed E-state index contributed by atoms with van der Waals surface area (Å²) >= 11 is 0. The number of allylic oxidation sites excluding steroid dienone is 1. The second kappa shape index (κ2) is 12.7. The highest BCUT2D eigenvalue weighted by Crippen LogP contribution is 2.08. The van der Waals surface area contributed by atoms with E-state index in [1.165, 1.54) is 13.2 Å². The Bertz CT molecular complexity index is 343. The Morgan fingerprint density at radius 3 is 2.17 bits per heavy atom. The highest BCUT2D eigenvalue weighted by Gasteiger charge is 2.15. The van der Waals surface area contributed by atoms with Gasteiger partial charge in [0.15, 0.2) is 0 Å². The number of carbonyl (C=O) groups is 2. The number of esters is 1. The maximum absolute atomic E-state index is 10.7. The van der Waals surface area contributed by atoms with E-state index in [0.29, 0.717) is 6.42 Å². The van der Waals surface area contributed by atoms with Gasteiger partial charge in [0.25, 0.3) is 0 Å². The summed E-state index contributed by atoms with van der Waals surface area (Å²) in [5.41, 5.74) is 0. The van der Waals surface area contributed by atoms with Crippen molar-refractivity contribution in [1.29, 1.82) is 5.26 Å². The molecule has 98 valence electrons. The van der Waals surface area contributed by atoms with Gasteiger partial charge >= 0.3 is 5.97 Å². The van der Waals surface area contributed by atoms with E-state index in [0.717, 1.165) is 19.0 Å². The second-order valence-electron chi connectivity index (χ2n) is 2.93. The van der Waals surface area contributed by atoms with Gasteiger partial charge in [-0.2, -0.15) is 5.26 Å². The van der Waals surface area contributed by atoms with Gasteiger partial charge in [-0.05, 0) is 12.6 Å². The van der Waals surface area contributed by atoms with Gasteiger partial charge < -0.3 is 9.64 Å². The van der Waals surface area contributed by atoms with Gasteiger partial charge in [-0.15, -0.1) is 0 Å². The number of ether oxygens (including phenoxy) is 1. The van der Waals surface area contributed by atoms with Crippen LogP contribution in [0.5, 0.6) is 0 Å². The molecule has 0 atom stereocenters. The van der Waals surface area contributed by atoms with E-state index >= 15 is 0 Å². The van der Waals surface area contributed by atoms with Gasteiger partial charge in [0.05, 0.1) is 13.2 Å². The Labute approximate surface area is 108 Å². The molecule has 1 amide bonds.